The quantitative estimate of drug-likeness (QED) is 0.894. The first-order chi connectivity index (χ1) is 9.34. The van der Waals surface area contributed by atoms with E-state index in [9.17, 15) is 18.3 Å². The largest absolute Gasteiger partial charge is 0.484 e. The molecule has 0 aliphatic heterocycles. The van der Waals surface area contributed by atoms with Gasteiger partial charge < -0.3 is 15.6 Å². The molecule has 0 amide bonds. The summed E-state index contributed by atoms with van der Waals surface area (Å²) < 4.78 is 45.9. The Morgan fingerprint density at radius 2 is 2.15 bits per heavy atom. The van der Waals surface area contributed by atoms with Crippen molar-refractivity contribution in [2.24, 2.45) is 0 Å². The second-order valence-corrected chi connectivity index (χ2v) is 5.85. The SMILES string of the molecule is Nc1nc2cc(F)c(OC3CC(F)(F)CC3O)cc2s1. The number of benzene rings is 1. The van der Waals surface area contributed by atoms with Crippen LogP contribution in [0.1, 0.15) is 12.8 Å². The Labute approximate surface area is 116 Å². The number of hydrogen-bond donors (Lipinski definition) is 2. The van der Waals surface area contributed by atoms with Crippen molar-refractivity contribution >= 4 is 26.7 Å². The Morgan fingerprint density at radius 1 is 1.40 bits per heavy atom. The van der Waals surface area contributed by atoms with Gasteiger partial charge in [0.25, 0.3) is 5.92 Å². The Balaban J connectivity index is 1.89. The maximum Gasteiger partial charge on any atom is 0.254 e. The topological polar surface area (TPSA) is 68.4 Å². The van der Waals surface area contributed by atoms with Gasteiger partial charge in [-0.05, 0) is 0 Å². The van der Waals surface area contributed by atoms with Crippen LogP contribution in [0.2, 0.25) is 0 Å². The number of aliphatic hydroxyl groups excluding tert-OH is 1. The lowest BCUT2D eigenvalue weighted by atomic mass is 10.2. The molecule has 3 N–H and O–H groups in total. The number of nitrogen functional groups attached to an aromatic ring is 1. The van der Waals surface area contributed by atoms with Crippen molar-refractivity contribution in [3.63, 3.8) is 0 Å². The van der Waals surface area contributed by atoms with Gasteiger partial charge in [0.2, 0.25) is 0 Å². The fraction of sp³-hybridized carbons (Fsp3) is 0.417. The van der Waals surface area contributed by atoms with Gasteiger partial charge in [-0.2, -0.15) is 0 Å². The first-order valence-corrected chi connectivity index (χ1v) is 6.74. The van der Waals surface area contributed by atoms with Gasteiger partial charge in [0.05, 0.1) is 22.7 Å². The molecule has 1 aliphatic carbocycles. The highest BCUT2D eigenvalue weighted by molar-refractivity contribution is 7.22. The standard InChI is InChI=1S/C12H11F3N2O2S/c13-5-1-6-10(20-11(16)17-6)2-8(5)19-9-4-12(14,15)3-7(9)18/h1-2,7,9,18H,3-4H2,(H2,16,17). The van der Waals surface area contributed by atoms with E-state index in [1.807, 2.05) is 0 Å². The fourth-order valence-electron chi connectivity index (χ4n) is 2.27. The molecule has 0 spiro atoms. The molecule has 1 aliphatic rings. The molecule has 1 fully saturated rings. The van der Waals surface area contributed by atoms with Crippen molar-refractivity contribution in [3.05, 3.63) is 17.9 Å². The van der Waals surface area contributed by atoms with E-state index in [-0.39, 0.29) is 10.9 Å². The Bertz CT molecular complexity index is 661. The number of anilines is 1. The van der Waals surface area contributed by atoms with Gasteiger partial charge >= 0.3 is 0 Å². The first-order valence-electron chi connectivity index (χ1n) is 5.92. The summed E-state index contributed by atoms with van der Waals surface area (Å²) >= 11 is 1.14. The van der Waals surface area contributed by atoms with E-state index >= 15 is 0 Å². The van der Waals surface area contributed by atoms with Gasteiger partial charge in [0, 0.05) is 18.6 Å². The van der Waals surface area contributed by atoms with Gasteiger partial charge in [0.15, 0.2) is 16.7 Å². The summed E-state index contributed by atoms with van der Waals surface area (Å²) in [6.45, 7) is 0. The van der Waals surface area contributed by atoms with E-state index < -0.39 is 36.8 Å². The molecule has 2 atom stereocenters. The van der Waals surface area contributed by atoms with Crippen molar-refractivity contribution < 1.29 is 23.0 Å². The fourth-order valence-corrected chi connectivity index (χ4v) is 3.02. The minimum atomic E-state index is -2.99. The maximum atomic E-state index is 13.8. The zero-order chi connectivity index (χ0) is 14.5. The molecule has 1 saturated carbocycles. The van der Waals surface area contributed by atoms with Crippen LogP contribution in [0.3, 0.4) is 0 Å². The van der Waals surface area contributed by atoms with Gasteiger partial charge in [-0.25, -0.2) is 18.2 Å². The van der Waals surface area contributed by atoms with Crippen molar-refractivity contribution in [1.82, 2.24) is 4.98 Å². The van der Waals surface area contributed by atoms with Crippen molar-refractivity contribution in [1.29, 1.82) is 0 Å². The van der Waals surface area contributed by atoms with E-state index in [2.05, 4.69) is 4.98 Å². The lowest BCUT2D eigenvalue weighted by Gasteiger charge is -2.17. The van der Waals surface area contributed by atoms with Crippen LogP contribution in [0.4, 0.5) is 18.3 Å². The number of aliphatic hydroxyl groups is 1. The van der Waals surface area contributed by atoms with E-state index in [0.29, 0.717) is 10.2 Å². The van der Waals surface area contributed by atoms with Gasteiger partial charge in [-0.1, -0.05) is 11.3 Å². The summed E-state index contributed by atoms with van der Waals surface area (Å²) in [6, 6.07) is 2.50. The first kappa shape index (κ1) is 13.4. The molecule has 0 saturated heterocycles. The third-order valence-electron chi connectivity index (χ3n) is 3.17. The predicted octanol–water partition coefficient (Wildman–Crippen LogP) is 2.56. The summed E-state index contributed by atoms with van der Waals surface area (Å²) in [5.41, 5.74) is 5.90. The van der Waals surface area contributed by atoms with Crippen LogP contribution in [0.5, 0.6) is 5.75 Å². The molecule has 2 aromatic rings. The van der Waals surface area contributed by atoms with Crippen molar-refractivity contribution in [3.8, 4) is 5.75 Å². The number of aromatic nitrogens is 1. The lowest BCUT2D eigenvalue weighted by molar-refractivity contribution is -0.00491. The van der Waals surface area contributed by atoms with Crippen LogP contribution in [0.25, 0.3) is 10.2 Å². The normalized spacial score (nSPS) is 25.2. The van der Waals surface area contributed by atoms with Crippen LogP contribution in [-0.4, -0.2) is 28.2 Å². The van der Waals surface area contributed by atoms with E-state index in [1.54, 1.807) is 0 Å². The van der Waals surface area contributed by atoms with Crippen LogP contribution in [0.15, 0.2) is 12.1 Å². The lowest BCUT2D eigenvalue weighted by Crippen LogP contribution is -2.26. The Hall–Kier alpha value is -1.54. The molecule has 0 bridgehead atoms. The summed E-state index contributed by atoms with van der Waals surface area (Å²) in [5.74, 6) is -3.88. The zero-order valence-corrected chi connectivity index (χ0v) is 11.0. The molecular formula is C12H11F3N2O2S. The molecule has 0 radical (unpaired) electrons. The van der Waals surface area contributed by atoms with E-state index in [1.165, 1.54) is 6.07 Å². The molecule has 8 heteroatoms. The summed E-state index contributed by atoms with van der Waals surface area (Å²) in [6.07, 6.45) is -3.74. The second-order valence-electron chi connectivity index (χ2n) is 4.79. The predicted molar refractivity (Wildman–Crippen MR) is 68.6 cm³/mol. The van der Waals surface area contributed by atoms with Crippen LogP contribution in [-0.2, 0) is 0 Å². The summed E-state index contributed by atoms with van der Waals surface area (Å²) in [5, 5.41) is 9.82. The molecule has 1 aromatic heterocycles. The Kier molecular flexibility index (Phi) is 3.02. The number of alkyl halides is 2. The number of nitrogens with zero attached hydrogens (tertiary/aromatic N) is 1. The molecule has 4 nitrogen and oxygen atoms in total. The molecule has 108 valence electrons. The minimum Gasteiger partial charge on any atom is -0.484 e. The monoisotopic (exact) mass is 304 g/mol. The molecular weight excluding hydrogens is 293 g/mol. The third kappa shape index (κ3) is 2.40. The third-order valence-corrected chi connectivity index (χ3v) is 4.02. The molecule has 1 aromatic carbocycles. The van der Waals surface area contributed by atoms with E-state index in [4.69, 9.17) is 10.5 Å². The number of rotatable bonds is 2. The van der Waals surface area contributed by atoms with Crippen LogP contribution >= 0.6 is 11.3 Å². The minimum absolute atomic E-state index is 0.178. The van der Waals surface area contributed by atoms with Gasteiger partial charge in [0.1, 0.15) is 6.10 Å². The van der Waals surface area contributed by atoms with Gasteiger partial charge in [-0.15, -0.1) is 0 Å². The van der Waals surface area contributed by atoms with Crippen LogP contribution < -0.4 is 10.5 Å². The average Bonchev–Trinajstić information content (AvgIpc) is 2.78. The summed E-state index contributed by atoms with van der Waals surface area (Å²) in [7, 11) is 0. The molecule has 20 heavy (non-hydrogen) atoms. The zero-order valence-electron chi connectivity index (χ0n) is 10.1. The highest BCUT2D eigenvalue weighted by atomic mass is 32.1. The number of halogens is 3. The highest BCUT2D eigenvalue weighted by Crippen LogP contribution is 2.38. The number of fused-ring (bicyclic) bond motifs is 1. The number of ether oxygens (including phenoxy) is 1. The van der Waals surface area contributed by atoms with Crippen LogP contribution in [0, 0.1) is 5.82 Å². The van der Waals surface area contributed by atoms with Gasteiger partial charge in [-0.3, -0.25) is 0 Å². The number of nitrogens with two attached hydrogens (primary N) is 1. The average molecular weight is 304 g/mol. The summed E-state index contributed by atoms with van der Waals surface area (Å²) in [4.78, 5) is 3.92. The number of hydrogen-bond acceptors (Lipinski definition) is 5. The molecule has 1 heterocycles. The molecule has 2 unspecified atom stereocenters. The van der Waals surface area contributed by atoms with E-state index in [0.717, 1.165) is 17.4 Å². The van der Waals surface area contributed by atoms with Crippen molar-refractivity contribution in [2.45, 2.75) is 31.0 Å². The second kappa shape index (κ2) is 4.49. The Morgan fingerprint density at radius 3 is 2.80 bits per heavy atom. The van der Waals surface area contributed by atoms with Crippen molar-refractivity contribution in [2.75, 3.05) is 5.73 Å². The maximum absolute atomic E-state index is 13.8. The smallest absolute Gasteiger partial charge is 0.254 e. The highest BCUT2D eigenvalue weighted by Gasteiger charge is 2.47. The molecule has 3 rings (SSSR count). The number of thiazole rings is 1.